The first kappa shape index (κ1) is 18.9. The van der Waals surface area contributed by atoms with Crippen LogP contribution in [0.2, 0.25) is 0 Å². The van der Waals surface area contributed by atoms with E-state index >= 15 is 0 Å². The molecule has 0 radical (unpaired) electrons. The van der Waals surface area contributed by atoms with E-state index in [-0.39, 0.29) is 29.6 Å². The summed E-state index contributed by atoms with van der Waals surface area (Å²) in [4.78, 5) is 39.4. The van der Waals surface area contributed by atoms with Crippen molar-refractivity contribution in [3.8, 4) is 0 Å². The highest BCUT2D eigenvalue weighted by Gasteiger charge is 2.37. The lowest BCUT2D eigenvalue weighted by atomic mass is 10.1. The molecule has 1 fully saturated rings. The number of likely N-dealkylation sites (N-methyl/N-ethyl adjacent to an activating group) is 1. The third-order valence-corrected chi connectivity index (χ3v) is 4.50. The van der Waals surface area contributed by atoms with Gasteiger partial charge in [-0.15, -0.1) is 0 Å². The van der Waals surface area contributed by atoms with Crippen LogP contribution in [0.1, 0.15) is 35.2 Å². The smallest absolute Gasteiger partial charge is 0.271 e. The van der Waals surface area contributed by atoms with Gasteiger partial charge in [-0.3, -0.25) is 24.5 Å². The lowest BCUT2D eigenvalue weighted by Crippen LogP contribution is -2.42. The van der Waals surface area contributed by atoms with Gasteiger partial charge in [-0.05, 0) is 32.4 Å². The van der Waals surface area contributed by atoms with Gasteiger partial charge in [-0.1, -0.05) is 6.07 Å². The van der Waals surface area contributed by atoms with Gasteiger partial charge in [0.1, 0.15) is 5.69 Å². The highest BCUT2D eigenvalue weighted by molar-refractivity contribution is 5.92. The summed E-state index contributed by atoms with van der Waals surface area (Å²) in [7, 11) is 0. The van der Waals surface area contributed by atoms with Crippen LogP contribution in [0.3, 0.4) is 0 Å². The molecule has 0 spiro atoms. The molecule has 27 heavy (non-hydrogen) atoms. The first-order chi connectivity index (χ1) is 13.1. The molecule has 0 unspecified atom stereocenters. The van der Waals surface area contributed by atoms with E-state index in [4.69, 9.17) is 0 Å². The zero-order valence-electron chi connectivity index (χ0n) is 15.6. The number of nitrogens with zero attached hydrogens (tertiary/aromatic N) is 4. The van der Waals surface area contributed by atoms with Crippen LogP contribution >= 0.6 is 0 Å². The second-order valence-electron chi connectivity index (χ2n) is 6.61. The van der Waals surface area contributed by atoms with Crippen molar-refractivity contribution in [2.75, 3.05) is 13.1 Å². The van der Waals surface area contributed by atoms with Crippen LogP contribution in [-0.4, -0.2) is 56.8 Å². The Kier molecular flexibility index (Phi) is 6.08. The van der Waals surface area contributed by atoms with Crippen LogP contribution in [0.5, 0.6) is 0 Å². The Balaban J connectivity index is 1.70. The average Bonchev–Trinajstić information content (AvgIpc) is 3.05. The first-order valence-corrected chi connectivity index (χ1v) is 9.08. The molecule has 0 bridgehead atoms. The summed E-state index contributed by atoms with van der Waals surface area (Å²) in [5.41, 5.74) is 2.12. The van der Waals surface area contributed by atoms with Crippen molar-refractivity contribution >= 4 is 11.8 Å². The monoisotopic (exact) mass is 368 g/mol. The summed E-state index contributed by atoms with van der Waals surface area (Å²) >= 11 is 0. The maximum absolute atomic E-state index is 12.5. The number of hydrogen-bond donors (Lipinski definition) is 2. The fraction of sp³-hybridized carbons (Fsp3) is 0.421. The third-order valence-electron chi connectivity index (χ3n) is 4.50. The Labute approximate surface area is 158 Å². The van der Waals surface area contributed by atoms with Crippen LogP contribution in [0.25, 0.3) is 0 Å². The number of rotatable bonds is 6. The van der Waals surface area contributed by atoms with E-state index in [1.807, 2.05) is 32.0 Å². The predicted octanol–water partition coefficient (Wildman–Crippen LogP) is 0.689. The molecule has 1 saturated heterocycles. The molecule has 2 N–H and O–H groups in total. The molecule has 1 aliphatic rings. The summed E-state index contributed by atoms with van der Waals surface area (Å²) in [6.45, 7) is 5.54. The van der Waals surface area contributed by atoms with Crippen molar-refractivity contribution in [3.05, 3.63) is 53.9 Å². The second-order valence-corrected chi connectivity index (χ2v) is 6.61. The van der Waals surface area contributed by atoms with Crippen LogP contribution in [0.4, 0.5) is 0 Å². The molecule has 2 atom stereocenters. The molecule has 3 rings (SSSR count). The number of carbonyl (C=O) groups excluding carboxylic acids is 2. The molecule has 8 heteroatoms. The molecular formula is C19H24N6O2. The molecule has 1 aliphatic heterocycles. The summed E-state index contributed by atoms with van der Waals surface area (Å²) in [6.07, 6.45) is 4.98. The lowest BCUT2D eigenvalue weighted by Gasteiger charge is -2.23. The Hall–Kier alpha value is -2.87. The molecule has 0 aliphatic carbocycles. The van der Waals surface area contributed by atoms with E-state index in [0.717, 1.165) is 11.4 Å². The number of likely N-dealkylation sites (tertiary alicyclic amines) is 1. The van der Waals surface area contributed by atoms with Crippen molar-refractivity contribution in [3.63, 3.8) is 0 Å². The summed E-state index contributed by atoms with van der Waals surface area (Å²) < 4.78 is 0. The van der Waals surface area contributed by atoms with E-state index < -0.39 is 0 Å². The third kappa shape index (κ3) is 4.85. The number of hydrogen-bond acceptors (Lipinski definition) is 6. The normalized spacial score (nSPS) is 19.6. The summed E-state index contributed by atoms with van der Waals surface area (Å²) in [5.74, 6) is -0.306. The molecule has 2 amide bonds. The Morgan fingerprint density at radius 3 is 2.85 bits per heavy atom. The van der Waals surface area contributed by atoms with Crippen molar-refractivity contribution in [1.82, 2.24) is 30.5 Å². The number of nitrogens with one attached hydrogen (secondary N) is 2. The minimum absolute atomic E-state index is 0.0265. The number of aromatic nitrogens is 3. The van der Waals surface area contributed by atoms with Crippen LogP contribution in [-0.2, 0) is 11.3 Å². The summed E-state index contributed by atoms with van der Waals surface area (Å²) in [5, 5.41) is 5.85. The fourth-order valence-electron chi connectivity index (χ4n) is 3.32. The molecule has 0 aromatic carbocycles. The van der Waals surface area contributed by atoms with Gasteiger partial charge in [-0.2, -0.15) is 0 Å². The van der Waals surface area contributed by atoms with Gasteiger partial charge in [0.15, 0.2) is 0 Å². The zero-order valence-corrected chi connectivity index (χ0v) is 15.6. The van der Waals surface area contributed by atoms with Crippen molar-refractivity contribution in [1.29, 1.82) is 0 Å². The number of pyridine rings is 1. The fourth-order valence-corrected chi connectivity index (χ4v) is 3.32. The van der Waals surface area contributed by atoms with E-state index in [0.29, 0.717) is 26.1 Å². The molecule has 8 nitrogen and oxygen atoms in total. The maximum atomic E-state index is 12.5. The first-order valence-electron chi connectivity index (χ1n) is 9.08. The molecule has 2 aromatic rings. The standard InChI is InChI=1S/C19H24N6O2/c1-3-21-19(27)17-9-15(24-18(26)16-10-20-7-8-22-16)12-25(17)11-14-6-4-5-13(2)23-14/h4-8,10,15,17H,3,9,11-12H2,1-2H3,(H,21,27)(H,24,26)/t15-,17-/m0/s1. The molecular weight excluding hydrogens is 344 g/mol. The zero-order chi connectivity index (χ0) is 19.2. The Morgan fingerprint density at radius 1 is 1.30 bits per heavy atom. The molecule has 142 valence electrons. The van der Waals surface area contributed by atoms with Crippen molar-refractivity contribution in [2.45, 2.75) is 38.9 Å². The SMILES string of the molecule is CCNC(=O)[C@@H]1C[C@H](NC(=O)c2cnccn2)CN1Cc1cccc(C)n1. The van der Waals surface area contributed by atoms with Gasteiger partial charge in [0.25, 0.3) is 5.91 Å². The lowest BCUT2D eigenvalue weighted by molar-refractivity contribution is -0.125. The second kappa shape index (κ2) is 8.68. The van der Waals surface area contributed by atoms with Gasteiger partial charge in [0, 0.05) is 43.8 Å². The van der Waals surface area contributed by atoms with E-state index in [2.05, 4.69) is 30.5 Å². The van der Waals surface area contributed by atoms with Crippen LogP contribution in [0, 0.1) is 6.92 Å². The van der Waals surface area contributed by atoms with E-state index in [1.54, 1.807) is 0 Å². The predicted molar refractivity (Wildman–Crippen MR) is 99.8 cm³/mol. The molecule has 3 heterocycles. The van der Waals surface area contributed by atoms with Gasteiger partial charge in [0.2, 0.25) is 5.91 Å². The highest BCUT2D eigenvalue weighted by atomic mass is 16.2. The maximum Gasteiger partial charge on any atom is 0.271 e. The van der Waals surface area contributed by atoms with E-state index in [9.17, 15) is 9.59 Å². The van der Waals surface area contributed by atoms with E-state index in [1.165, 1.54) is 18.6 Å². The highest BCUT2D eigenvalue weighted by Crippen LogP contribution is 2.21. The Morgan fingerprint density at radius 2 is 2.15 bits per heavy atom. The van der Waals surface area contributed by atoms with Crippen molar-refractivity contribution < 1.29 is 9.59 Å². The van der Waals surface area contributed by atoms with Crippen LogP contribution in [0.15, 0.2) is 36.8 Å². The van der Waals surface area contributed by atoms with Gasteiger partial charge < -0.3 is 10.6 Å². The topological polar surface area (TPSA) is 100 Å². The van der Waals surface area contributed by atoms with Gasteiger partial charge in [-0.25, -0.2) is 4.98 Å². The Bertz CT molecular complexity index is 798. The minimum atomic E-state index is -0.306. The van der Waals surface area contributed by atoms with Gasteiger partial charge in [0.05, 0.1) is 17.9 Å². The van der Waals surface area contributed by atoms with Gasteiger partial charge >= 0.3 is 0 Å². The van der Waals surface area contributed by atoms with Crippen molar-refractivity contribution in [2.24, 2.45) is 0 Å². The quantitative estimate of drug-likeness (QED) is 0.778. The van der Waals surface area contributed by atoms with Crippen LogP contribution < -0.4 is 10.6 Å². The number of aryl methyl sites for hydroxylation is 1. The number of carbonyl (C=O) groups is 2. The molecule has 2 aromatic heterocycles. The summed E-state index contributed by atoms with van der Waals surface area (Å²) in [6, 6.07) is 5.41. The molecule has 0 saturated carbocycles. The largest absolute Gasteiger partial charge is 0.355 e. The minimum Gasteiger partial charge on any atom is -0.355 e. The number of amides is 2. The average molecular weight is 368 g/mol.